The number of rotatable bonds is 6. The fourth-order valence-corrected chi connectivity index (χ4v) is 1.73. The molecule has 0 spiro atoms. The number of nitrogens with zero attached hydrogens (tertiary/aromatic N) is 2. The summed E-state index contributed by atoms with van der Waals surface area (Å²) in [7, 11) is 0. The van der Waals surface area contributed by atoms with Gasteiger partial charge in [0.05, 0.1) is 0 Å². The highest BCUT2D eigenvalue weighted by Crippen LogP contribution is 2.13. The summed E-state index contributed by atoms with van der Waals surface area (Å²) >= 11 is 0. The topological polar surface area (TPSA) is 16.1 Å². The molecular weight excluding hydrogens is 184 g/mol. The Kier molecular flexibility index (Phi) is 5.16. The van der Waals surface area contributed by atoms with E-state index in [1.165, 1.54) is 18.4 Å². The largest absolute Gasteiger partial charge is 0.357 e. The first-order chi connectivity index (χ1) is 7.31. The van der Waals surface area contributed by atoms with Gasteiger partial charge in [-0.05, 0) is 37.0 Å². The summed E-state index contributed by atoms with van der Waals surface area (Å²) in [5.41, 5.74) is 1.37. The second-order valence-electron chi connectivity index (χ2n) is 3.86. The first kappa shape index (κ1) is 12.0. The quantitative estimate of drug-likeness (QED) is 0.710. The van der Waals surface area contributed by atoms with Gasteiger partial charge in [-0.2, -0.15) is 0 Å². The van der Waals surface area contributed by atoms with Crippen LogP contribution in [0.2, 0.25) is 0 Å². The van der Waals surface area contributed by atoms with Gasteiger partial charge in [-0.1, -0.05) is 20.8 Å². The minimum atomic E-state index is 1.08. The van der Waals surface area contributed by atoms with Crippen molar-refractivity contribution in [2.24, 2.45) is 0 Å². The molecule has 0 fully saturated rings. The molecule has 0 radical (unpaired) electrons. The molecule has 1 aromatic rings. The van der Waals surface area contributed by atoms with E-state index in [0.29, 0.717) is 0 Å². The lowest BCUT2D eigenvalue weighted by molar-refractivity contribution is 0.733. The van der Waals surface area contributed by atoms with Gasteiger partial charge in [0.1, 0.15) is 5.82 Å². The Morgan fingerprint density at radius 1 is 1.13 bits per heavy atom. The van der Waals surface area contributed by atoms with E-state index in [0.717, 1.165) is 25.3 Å². The van der Waals surface area contributed by atoms with E-state index in [9.17, 15) is 0 Å². The van der Waals surface area contributed by atoms with Crippen molar-refractivity contribution in [1.82, 2.24) is 4.98 Å². The molecule has 0 N–H and O–H groups in total. The summed E-state index contributed by atoms with van der Waals surface area (Å²) in [5, 5.41) is 0. The Bertz CT molecular complexity index is 278. The summed E-state index contributed by atoms with van der Waals surface area (Å²) in [4.78, 5) is 6.82. The SMILES string of the molecule is CCCN(CCC)c1cc(CC)ccn1. The molecule has 15 heavy (non-hydrogen) atoms. The van der Waals surface area contributed by atoms with Crippen LogP contribution in [0.1, 0.15) is 39.2 Å². The maximum Gasteiger partial charge on any atom is 0.128 e. The molecule has 0 amide bonds. The van der Waals surface area contributed by atoms with Gasteiger partial charge in [-0.25, -0.2) is 4.98 Å². The Morgan fingerprint density at radius 3 is 2.33 bits per heavy atom. The molecule has 0 atom stereocenters. The van der Waals surface area contributed by atoms with Gasteiger partial charge in [0.25, 0.3) is 0 Å². The third-order valence-corrected chi connectivity index (χ3v) is 2.53. The summed E-state index contributed by atoms with van der Waals surface area (Å²) in [6, 6.07) is 4.31. The van der Waals surface area contributed by atoms with Crippen molar-refractivity contribution in [2.45, 2.75) is 40.0 Å². The average Bonchev–Trinajstić information content (AvgIpc) is 2.29. The molecule has 2 heteroatoms. The van der Waals surface area contributed by atoms with Gasteiger partial charge in [-0.3, -0.25) is 0 Å². The van der Waals surface area contributed by atoms with Gasteiger partial charge in [0, 0.05) is 19.3 Å². The van der Waals surface area contributed by atoms with Gasteiger partial charge < -0.3 is 4.90 Å². The second kappa shape index (κ2) is 6.44. The van der Waals surface area contributed by atoms with Crippen LogP contribution < -0.4 is 4.90 Å². The Morgan fingerprint density at radius 2 is 1.80 bits per heavy atom. The maximum absolute atomic E-state index is 4.45. The van der Waals surface area contributed by atoms with Crippen molar-refractivity contribution in [1.29, 1.82) is 0 Å². The molecule has 1 aromatic heterocycles. The van der Waals surface area contributed by atoms with Gasteiger partial charge in [0.2, 0.25) is 0 Å². The van der Waals surface area contributed by atoms with Crippen LogP contribution in [0, 0.1) is 0 Å². The van der Waals surface area contributed by atoms with Crippen molar-refractivity contribution in [2.75, 3.05) is 18.0 Å². The summed E-state index contributed by atoms with van der Waals surface area (Å²) < 4.78 is 0. The van der Waals surface area contributed by atoms with Crippen LogP contribution in [-0.2, 0) is 6.42 Å². The minimum absolute atomic E-state index is 1.08. The molecule has 0 saturated heterocycles. The van der Waals surface area contributed by atoms with Crippen LogP contribution in [0.15, 0.2) is 18.3 Å². The maximum atomic E-state index is 4.45. The van der Waals surface area contributed by atoms with Crippen LogP contribution >= 0.6 is 0 Å². The first-order valence-corrected chi connectivity index (χ1v) is 6.01. The van der Waals surface area contributed by atoms with E-state index >= 15 is 0 Å². The molecule has 84 valence electrons. The molecule has 0 aliphatic carbocycles. The highest BCUT2D eigenvalue weighted by Gasteiger charge is 2.05. The van der Waals surface area contributed by atoms with Crippen LogP contribution in [-0.4, -0.2) is 18.1 Å². The van der Waals surface area contributed by atoms with Crippen LogP contribution in [0.25, 0.3) is 0 Å². The molecule has 0 aromatic carbocycles. The van der Waals surface area contributed by atoms with Crippen LogP contribution in [0.4, 0.5) is 5.82 Å². The number of aromatic nitrogens is 1. The molecule has 2 nitrogen and oxygen atoms in total. The van der Waals surface area contributed by atoms with Crippen molar-refractivity contribution >= 4 is 5.82 Å². The minimum Gasteiger partial charge on any atom is -0.357 e. The lowest BCUT2D eigenvalue weighted by Gasteiger charge is -2.22. The summed E-state index contributed by atoms with van der Waals surface area (Å²) in [6.07, 6.45) is 5.37. The second-order valence-corrected chi connectivity index (χ2v) is 3.86. The number of anilines is 1. The van der Waals surface area contributed by atoms with E-state index in [1.807, 2.05) is 6.20 Å². The Hall–Kier alpha value is -1.05. The predicted octanol–water partition coefficient (Wildman–Crippen LogP) is 3.27. The zero-order chi connectivity index (χ0) is 11.1. The standard InChI is InChI=1S/C13H22N2/c1-4-9-15(10-5-2)13-11-12(6-3)7-8-14-13/h7-8,11H,4-6,9-10H2,1-3H3. The molecule has 0 bridgehead atoms. The Balaban J connectivity index is 2.79. The Labute approximate surface area is 93.3 Å². The zero-order valence-electron chi connectivity index (χ0n) is 10.2. The van der Waals surface area contributed by atoms with Crippen molar-refractivity contribution in [3.05, 3.63) is 23.9 Å². The number of aryl methyl sites for hydroxylation is 1. The average molecular weight is 206 g/mol. The molecule has 0 aliphatic rings. The van der Waals surface area contributed by atoms with E-state index in [2.05, 4.69) is 42.8 Å². The number of pyridine rings is 1. The molecule has 0 unspecified atom stereocenters. The zero-order valence-corrected chi connectivity index (χ0v) is 10.2. The van der Waals surface area contributed by atoms with Crippen molar-refractivity contribution in [3.63, 3.8) is 0 Å². The molecule has 0 saturated carbocycles. The van der Waals surface area contributed by atoms with Crippen LogP contribution in [0.5, 0.6) is 0 Å². The molecule has 1 heterocycles. The molecular formula is C13H22N2. The monoisotopic (exact) mass is 206 g/mol. The van der Waals surface area contributed by atoms with Gasteiger partial charge >= 0.3 is 0 Å². The third-order valence-electron chi connectivity index (χ3n) is 2.53. The van der Waals surface area contributed by atoms with E-state index in [4.69, 9.17) is 0 Å². The first-order valence-electron chi connectivity index (χ1n) is 6.01. The normalized spacial score (nSPS) is 10.3. The van der Waals surface area contributed by atoms with Crippen molar-refractivity contribution < 1.29 is 0 Å². The lowest BCUT2D eigenvalue weighted by Crippen LogP contribution is -2.25. The third kappa shape index (κ3) is 3.54. The number of hydrogen-bond acceptors (Lipinski definition) is 2. The smallest absolute Gasteiger partial charge is 0.128 e. The molecule has 1 rings (SSSR count). The van der Waals surface area contributed by atoms with Gasteiger partial charge in [0.15, 0.2) is 0 Å². The highest BCUT2D eigenvalue weighted by atomic mass is 15.2. The fraction of sp³-hybridized carbons (Fsp3) is 0.615. The summed E-state index contributed by atoms with van der Waals surface area (Å²) in [5.74, 6) is 1.14. The van der Waals surface area contributed by atoms with Gasteiger partial charge in [-0.15, -0.1) is 0 Å². The summed E-state index contributed by atoms with van der Waals surface area (Å²) in [6.45, 7) is 8.82. The lowest BCUT2D eigenvalue weighted by atomic mass is 10.2. The molecule has 0 aliphatic heterocycles. The van der Waals surface area contributed by atoms with E-state index < -0.39 is 0 Å². The van der Waals surface area contributed by atoms with Crippen LogP contribution in [0.3, 0.4) is 0 Å². The fourth-order valence-electron chi connectivity index (χ4n) is 1.73. The van der Waals surface area contributed by atoms with E-state index in [-0.39, 0.29) is 0 Å². The van der Waals surface area contributed by atoms with Crippen molar-refractivity contribution in [3.8, 4) is 0 Å². The number of hydrogen-bond donors (Lipinski definition) is 0. The predicted molar refractivity (Wildman–Crippen MR) is 66.4 cm³/mol. The van der Waals surface area contributed by atoms with E-state index in [1.54, 1.807) is 0 Å². The highest BCUT2D eigenvalue weighted by molar-refractivity contribution is 5.40.